The van der Waals surface area contributed by atoms with E-state index in [2.05, 4.69) is 38.2 Å². The van der Waals surface area contributed by atoms with Crippen LogP contribution in [0.3, 0.4) is 0 Å². The van der Waals surface area contributed by atoms with Gasteiger partial charge >= 0.3 is 0 Å². The Hall–Kier alpha value is -1.84. The lowest BCUT2D eigenvalue weighted by atomic mass is 10.0. The molecule has 1 saturated heterocycles. The Labute approximate surface area is 126 Å². The summed E-state index contributed by atoms with van der Waals surface area (Å²) in [4.78, 5) is 25.9. The minimum Gasteiger partial charge on any atom is -0.343 e. The molecular formula is C17H24N2O2. The predicted octanol–water partition coefficient (Wildman–Crippen LogP) is 2.12. The molecule has 4 nitrogen and oxygen atoms in total. The van der Waals surface area contributed by atoms with E-state index in [1.165, 1.54) is 5.56 Å². The maximum absolute atomic E-state index is 12.4. The largest absolute Gasteiger partial charge is 0.343 e. The first-order valence-electron chi connectivity index (χ1n) is 7.65. The molecule has 0 aliphatic carbocycles. The SMILES string of the molecule is CCc1ccc(CN2CC(=O)NC(CC(C)C)C2=O)cc1. The summed E-state index contributed by atoms with van der Waals surface area (Å²) in [5.41, 5.74) is 2.35. The Morgan fingerprint density at radius 3 is 2.38 bits per heavy atom. The molecule has 2 amide bonds. The highest BCUT2D eigenvalue weighted by atomic mass is 16.2. The van der Waals surface area contributed by atoms with Crippen molar-refractivity contribution in [3.05, 3.63) is 35.4 Å². The number of hydrogen-bond acceptors (Lipinski definition) is 2. The first kappa shape index (κ1) is 15.5. The van der Waals surface area contributed by atoms with E-state index in [-0.39, 0.29) is 24.4 Å². The number of carbonyl (C=O) groups excluding carboxylic acids is 2. The second-order valence-corrected chi connectivity index (χ2v) is 6.11. The number of nitrogens with zero attached hydrogens (tertiary/aromatic N) is 1. The van der Waals surface area contributed by atoms with E-state index in [1.54, 1.807) is 4.90 Å². The summed E-state index contributed by atoms with van der Waals surface area (Å²) in [6, 6.07) is 7.86. The summed E-state index contributed by atoms with van der Waals surface area (Å²) in [7, 11) is 0. The van der Waals surface area contributed by atoms with Gasteiger partial charge in [-0.05, 0) is 29.9 Å². The number of rotatable bonds is 5. The highest BCUT2D eigenvalue weighted by Gasteiger charge is 2.32. The fourth-order valence-corrected chi connectivity index (χ4v) is 2.64. The van der Waals surface area contributed by atoms with Crippen LogP contribution in [0.2, 0.25) is 0 Å². The monoisotopic (exact) mass is 288 g/mol. The van der Waals surface area contributed by atoms with E-state index >= 15 is 0 Å². The molecule has 1 fully saturated rings. The van der Waals surface area contributed by atoms with Gasteiger partial charge in [0.25, 0.3) is 0 Å². The molecule has 1 atom stereocenters. The van der Waals surface area contributed by atoms with Gasteiger partial charge in [-0.15, -0.1) is 0 Å². The quantitative estimate of drug-likeness (QED) is 0.902. The van der Waals surface area contributed by atoms with E-state index in [0.717, 1.165) is 12.0 Å². The molecular weight excluding hydrogens is 264 g/mol. The Morgan fingerprint density at radius 1 is 1.19 bits per heavy atom. The minimum atomic E-state index is -0.374. The summed E-state index contributed by atoms with van der Waals surface area (Å²) in [5.74, 6) is 0.344. The van der Waals surface area contributed by atoms with Crippen molar-refractivity contribution in [2.75, 3.05) is 6.54 Å². The molecule has 1 aromatic carbocycles. The molecule has 4 heteroatoms. The van der Waals surface area contributed by atoms with Gasteiger partial charge < -0.3 is 10.2 Å². The molecule has 1 N–H and O–H groups in total. The summed E-state index contributed by atoms with van der Waals surface area (Å²) >= 11 is 0. The highest BCUT2D eigenvalue weighted by molar-refractivity contribution is 5.94. The van der Waals surface area contributed by atoms with Crippen LogP contribution in [0, 0.1) is 5.92 Å². The third-order valence-electron chi connectivity index (χ3n) is 3.79. The van der Waals surface area contributed by atoms with Crippen LogP contribution in [0.1, 0.15) is 38.3 Å². The van der Waals surface area contributed by atoms with Crippen molar-refractivity contribution in [2.45, 2.75) is 46.2 Å². The second kappa shape index (κ2) is 6.74. The van der Waals surface area contributed by atoms with Crippen molar-refractivity contribution < 1.29 is 9.59 Å². The molecule has 1 aliphatic heterocycles. The van der Waals surface area contributed by atoms with Gasteiger partial charge in [-0.1, -0.05) is 45.0 Å². The number of hydrogen-bond donors (Lipinski definition) is 1. The van der Waals surface area contributed by atoms with Gasteiger partial charge in [0.1, 0.15) is 6.04 Å². The van der Waals surface area contributed by atoms with Crippen LogP contribution in [0.15, 0.2) is 24.3 Å². The standard InChI is InChI=1S/C17H24N2O2/c1-4-13-5-7-14(8-6-13)10-19-11-16(20)18-15(17(19)21)9-12(2)3/h5-8,12,15H,4,9-11H2,1-3H3,(H,18,20). The molecule has 1 aliphatic rings. The van der Waals surface area contributed by atoms with Gasteiger partial charge in [0, 0.05) is 6.54 Å². The van der Waals surface area contributed by atoms with E-state index < -0.39 is 0 Å². The molecule has 1 unspecified atom stereocenters. The third kappa shape index (κ3) is 4.06. The van der Waals surface area contributed by atoms with Crippen molar-refractivity contribution in [3.8, 4) is 0 Å². The van der Waals surface area contributed by atoms with Crippen LogP contribution in [-0.4, -0.2) is 29.3 Å². The summed E-state index contributed by atoms with van der Waals surface area (Å²) in [6.07, 6.45) is 1.69. The van der Waals surface area contributed by atoms with E-state index in [9.17, 15) is 9.59 Å². The van der Waals surface area contributed by atoms with Crippen molar-refractivity contribution >= 4 is 11.8 Å². The molecule has 0 bridgehead atoms. The number of aryl methyl sites for hydroxylation is 1. The van der Waals surface area contributed by atoms with Crippen molar-refractivity contribution in [3.63, 3.8) is 0 Å². The zero-order valence-electron chi connectivity index (χ0n) is 13.1. The fraction of sp³-hybridized carbons (Fsp3) is 0.529. The first-order valence-corrected chi connectivity index (χ1v) is 7.65. The summed E-state index contributed by atoms with van der Waals surface area (Å²) < 4.78 is 0. The molecule has 114 valence electrons. The first-order chi connectivity index (χ1) is 9.99. The smallest absolute Gasteiger partial charge is 0.245 e. The van der Waals surface area contributed by atoms with Gasteiger partial charge in [-0.3, -0.25) is 9.59 Å². The number of nitrogens with one attached hydrogen (secondary N) is 1. The van der Waals surface area contributed by atoms with Gasteiger partial charge in [-0.25, -0.2) is 0 Å². The van der Waals surface area contributed by atoms with Crippen LogP contribution < -0.4 is 5.32 Å². The maximum atomic E-state index is 12.4. The number of benzene rings is 1. The lowest BCUT2D eigenvalue weighted by molar-refractivity contribution is -0.145. The Balaban J connectivity index is 2.06. The zero-order valence-corrected chi connectivity index (χ0v) is 13.1. The molecule has 0 radical (unpaired) electrons. The van der Waals surface area contributed by atoms with E-state index in [0.29, 0.717) is 18.9 Å². The Kier molecular flexibility index (Phi) is 4.99. The maximum Gasteiger partial charge on any atom is 0.245 e. The molecule has 1 heterocycles. The average molecular weight is 288 g/mol. The lowest BCUT2D eigenvalue weighted by Gasteiger charge is -2.33. The number of piperazine rings is 1. The Morgan fingerprint density at radius 2 is 1.81 bits per heavy atom. The third-order valence-corrected chi connectivity index (χ3v) is 3.79. The lowest BCUT2D eigenvalue weighted by Crippen LogP contribution is -2.57. The van der Waals surface area contributed by atoms with Crippen molar-refractivity contribution in [1.29, 1.82) is 0 Å². The predicted molar refractivity (Wildman–Crippen MR) is 82.6 cm³/mol. The van der Waals surface area contributed by atoms with Crippen LogP contribution in [-0.2, 0) is 22.6 Å². The Bertz CT molecular complexity index is 508. The molecule has 0 saturated carbocycles. The second-order valence-electron chi connectivity index (χ2n) is 6.11. The normalized spacial score (nSPS) is 19.0. The van der Waals surface area contributed by atoms with Crippen LogP contribution >= 0.6 is 0 Å². The minimum absolute atomic E-state index is 0.0304. The molecule has 2 rings (SSSR count). The molecule has 1 aromatic rings. The highest BCUT2D eigenvalue weighted by Crippen LogP contribution is 2.15. The van der Waals surface area contributed by atoms with E-state index in [4.69, 9.17) is 0 Å². The number of carbonyl (C=O) groups is 2. The summed E-state index contributed by atoms with van der Waals surface area (Å²) in [6.45, 7) is 6.89. The van der Waals surface area contributed by atoms with Gasteiger partial charge in [-0.2, -0.15) is 0 Å². The summed E-state index contributed by atoms with van der Waals surface area (Å²) in [5, 5.41) is 2.80. The van der Waals surface area contributed by atoms with Gasteiger partial charge in [0.2, 0.25) is 11.8 Å². The molecule has 21 heavy (non-hydrogen) atoms. The fourth-order valence-electron chi connectivity index (χ4n) is 2.64. The van der Waals surface area contributed by atoms with Crippen LogP contribution in [0.5, 0.6) is 0 Å². The average Bonchev–Trinajstić information content (AvgIpc) is 2.44. The van der Waals surface area contributed by atoms with Crippen molar-refractivity contribution in [2.24, 2.45) is 5.92 Å². The van der Waals surface area contributed by atoms with Gasteiger partial charge in [0.05, 0.1) is 6.54 Å². The van der Waals surface area contributed by atoms with Gasteiger partial charge in [0.15, 0.2) is 0 Å². The van der Waals surface area contributed by atoms with E-state index in [1.807, 2.05) is 12.1 Å². The van der Waals surface area contributed by atoms with Crippen LogP contribution in [0.4, 0.5) is 0 Å². The topological polar surface area (TPSA) is 49.4 Å². The molecule has 0 aromatic heterocycles. The van der Waals surface area contributed by atoms with Crippen LogP contribution in [0.25, 0.3) is 0 Å². The zero-order chi connectivity index (χ0) is 15.4. The van der Waals surface area contributed by atoms with Crippen molar-refractivity contribution in [1.82, 2.24) is 10.2 Å². The number of amides is 2. The molecule has 0 spiro atoms.